The average molecular weight is 396 g/mol. The van der Waals surface area contributed by atoms with Crippen LogP contribution in [0.4, 0.5) is 16.2 Å². The van der Waals surface area contributed by atoms with Crippen LogP contribution in [0.2, 0.25) is 0 Å². The Hall–Kier alpha value is -2.47. The summed E-state index contributed by atoms with van der Waals surface area (Å²) >= 11 is 1.58. The molecule has 3 amide bonds. The van der Waals surface area contributed by atoms with E-state index in [4.69, 9.17) is 0 Å². The van der Waals surface area contributed by atoms with Gasteiger partial charge in [0.25, 0.3) is 5.91 Å². The first kappa shape index (κ1) is 18.9. The molecular weight excluding hydrogens is 370 g/mol. The Labute approximate surface area is 169 Å². The van der Waals surface area contributed by atoms with Gasteiger partial charge in [0, 0.05) is 28.6 Å². The van der Waals surface area contributed by atoms with Crippen LogP contribution in [0.25, 0.3) is 0 Å². The molecule has 2 aromatic rings. The number of carbonyl (C=O) groups excluding carboxylic acids is 2. The fourth-order valence-corrected chi connectivity index (χ4v) is 5.04. The molecule has 2 unspecified atom stereocenters. The molecule has 5 nitrogen and oxygen atoms in total. The molecule has 2 N–H and O–H groups in total. The Morgan fingerprint density at radius 2 is 1.89 bits per heavy atom. The highest BCUT2D eigenvalue weighted by atomic mass is 32.2. The van der Waals surface area contributed by atoms with Gasteiger partial charge in [-0.2, -0.15) is 0 Å². The molecule has 1 aliphatic heterocycles. The van der Waals surface area contributed by atoms with Crippen molar-refractivity contribution >= 4 is 35.1 Å². The Morgan fingerprint density at radius 3 is 2.71 bits per heavy atom. The molecular formula is C22H25N3O2S. The number of urea groups is 1. The summed E-state index contributed by atoms with van der Waals surface area (Å²) in [5.41, 5.74) is 2.19. The third-order valence-corrected chi connectivity index (χ3v) is 6.79. The van der Waals surface area contributed by atoms with Gasteiger partial charge in [0.15, 0.2) is 0 Å². The minimum atomic E-state index is -0.183. The van der Waals surface area contributed by atoms with Gasteiger partial charge in [0.1, 0.15) is 0 Å². The number of nitrogens with zero attached hydrogens (tertiary/aromatic N) is 1. The summed E-state index contributed by atoms with van der Waals surface area (Å²) in [4.78, 5) is 28.9. The van der Waals surface area contributed by atoms with E-state index < -0.39 is 0 Å². The standard InChI is InChI=1S/C22H25N3O2S/c1-14-7-3-5-9-17(14)24-22(27)23-15-11-12-20-18(13-15)25(2)21(26)16-8-4-6-10-19(16)28-20/h4,6,8,10-14,17H,3,5,7,9H2,1-2H3,(H2,23,24,27). The molecule has 4 rings (SSSR count). The summed E-state index contributed by atoms with van der Waals surface area (Å²) in [6.07, 6.45) is 4.60. The molecule has 1 aliphatic carbocycles. The third kappa shape index (κ3) is 3.74. The van der Waals surface area contributed by atoms with Crippen LogP contribution >= 0.6 is 11.8 Å². The quantitative estimate of drug-likeness (QED) is 0.741. The first-order chi connectivity index (χ1) is 13.5. The van der Waals surface area contributed by atoms with Crippen molar-refractivity contribution in [3.63, 3.8) is 0 Å². The van der Waals surface area contributed by atoms with Crippen molar-refractivity contribution in [3.05, 3.63) is 48.0 Å². The highest BCUT2D eigenvalue weighted by Crippen LogP contribution is 2.41. The van der Waals surface area contributed by atoms with E-state index in [9.17, 15) is 9.59 Å². The van der Waals surface area contributed by atoms with E-state index in [0.717, 1.165) is 28.3 Å². The maximum Gasteiger partial charge on any atom is 0.319 e. The van der Waals surface area contributed by atoms with Gasteiger partial charge in [-0.05, 0) is 49.1 Å². The molecule has 6 heteroatoms. The zero-order valence-electron chi connectivity index (χ0n) is 16.2. The minimum Gasteiger partial charge on any atom is -0.335 e. The highest BCUT2D eigenvalue weighted by Gasteiger charge is 2.26. The van der Waals surface area contributed by atoms with Crippen LogP contribution in [0, 0.1) is 5.92 Å². The van der Waals surface area contributed by atoms with Crippen molar-refractivity contribution in [1.82, 2.24) is 5.32 Å². The van der Waals surface area contributed by atoms with E-state index in [-0.39, 0.29) is 18.0 Å². The summed E-state index contributed by atoms with van der Waals surface area (Å²) < 4.78 is 0. The second-order valence-electron chi connectivity index (χ2n) is 7.61. The zero-order chi connectivity index (χ0) is 19.7. The van der Waals surface area contributed by atoms with Gasteiger partial charge < -0.3 is 15.5 Å². The van der Waals surface area contributed by atoms with Gasteiger partial charge in [-0.15, -0.1) is 0 Å². The van der Waals surface area contributed by atoms with E-state index in [2.05, 4.69) is 17.6 Å². The van der Waals surface area contributed by atoms with Crippen LogP contribution in [-0.4, -0.2) is 25.0 Å². The van der Waals surface area contributed by atoms with Gasteiger partial charge in [0.2, 0.25) is 0 Å². The van der Waals surface area contributed by atoms with Crippen molar-refractivity contribution in [2.24, 2.45) is 5.92 Å². The summed E-state index contributed by atoms with van der Waals surface area (Å²) in [6.45, 7) is 2.20. The van der Waals surface area contributed by atoms with Crippen LogP contribution in [0.1, 0.15) is 43.0 Å². The number of amides is 3. The minimum absolute atomic E-state index is 0.0421. The number of carbonyl (C=O) groups is 2. The van der Waals surface area contributed by atoms with Crippen molar-refractivity contribution < 1.29 is 9.59 Å². The van der Waals surface area contributed by atoms with Gasteiger partial charge in [-0.1, -0.05) is 43.7 Å². The van der Waals surface area contributed by atoms with Crippen LogP contribution in [0.3, 0.4) is 0 Å². The van der Waals surface area contributed by atoms with Crippen molar-refractivity contribution in [2.45, 2.75) is 48.4 Å². The van der Waals surface area contributed by atoms with Crippen molar-refractivity contribution in [2.75, 3.05) is 17.3 Å². The molecule has 1 fully saturated rings. The lowest BCUT2D eigenvalue weighted by molar-refractivity contribution is 0.0990. The van der Waals surface area contributed by atoms with E-state index in [1.165, 1.54) is 12.8 Å². The number of hydrogen-bond donors (Lipinski definition) is 2. The second-order valence-corrected chi connectivity index (χ2v) is 8.70. The van der Waals surface area contributed by atoms with E-state index in [1.54, 1.807) is 23.7 Å². The van der Waals surface area contributed by atoms with E-state index in [1.807, 2.05) is 42.5 Å². The monoisotopic (exact) mass is 395 g/mol. The SMILES string of the molecule is CC1CCCCC1NC(=O)Nc1ccc2c(c1)N(C)C(=O)c1ccccc1S2. The summed E-state index contributed by atoms with van der Waals surface area (Å²) in [6, 6.07) is 13.4. The van der Waals surface area contributed by atoms with Crippen LogP contribution < -0.4 is 15.5 Å². The molecule has 1 heterocycles. The zero-order valence-corrected chi connectivity index (χ0v) is 17.0. The number of anilines is 2. The molecule has 146 valence electrons. The lowest BCUT2D eigenvalue weighted by Crippen LogP contribution is -2.43. The summed E-state index contributed by atoms with van der Waals surface area (Å²) in [5.74, 6) is 0.463. The molecule has 0 radical (unpaired) electrons. The Morgan fingerprint density at radius 1 is 1.11 bits per heavy atom. The predicted molar refractivity (Wildman–Crippen MR) is 113 cm³/mol. The first-order valence-electron chi connectivity index (χ1n) is 9.79. The number of rotatable bonds is 2. The molecule has 2 aromatic carbocycles. The molecule has 28 heavy (non-hydrogen) atoms. The van der Waals surface area contributed by atoms with Crippen LogP contribution in [0.5, 0.6) is 0 Å². The van der Waals surface area contributed by atoms with Crippen molar-refractivity contribution in [3.8, 4) is 0 Å². The maximum atomic E-state index is 12.8. The number of fused-ring (bicyclic) bond motifs is 2. The molecule has 0 spiro atoms. The topological polar surface area (TPSA) is 61.4 Å². The lowest BCUT2D eigenvalue weighted by Gasteiger charge is -2.29. The summed E-state index contributed by atoms with van der Waals surface area (Å²) in [5, 5.41) is 6.05. The smallest absolute Gasteiger partial charge is 0.319 e. The maximum absolute atomic E-state index is 12.8. The predicted octanol–water partition coefficient (Wildman–Crippen LogP) is 5.13. The van der Waals surface area contributed by atoms with Gasteiger partial charge in [-0.3, -0.25) is 4.79 Å². The van der Waals surface area contributed by atoms with E-state index in [0.29, 0.717) is 17.2 Å². The second kappa shape index (κ2) is 7.87. The normalized spacial score (nSPS) is 21.4. The Kier molecular flexibility index (Phi) is 5.31. The van der Waals surface area contributed by atoms with Crippen molar-refractivity contribution in [1.29, 1.82) is 0 Å². The van der Waals surface area contributed by atoms with E-state index >= 15 is 0 Å². The number of hydrogen-bond acceptors (Lipinski definition) is 3. The van der Waals surface area contributed by atoms with Gasteiger partial charge in [0.05, 0.1) is 11.3 Å². The van der Waals surface area contributed by atoms with Crippen LogP contribution in [0.15, 0.2) is 52.3 Å². The molecule has 2 atom stereocenters. The number of nitrogens with one attached hydrogen (secondary N) is 2. The van der Waals surface area contributed by atoms with Crippen LogP contribution in [-0.2, 0) is 0 Å². The number of benzene rings is 2. The first-order valence-corrected chi connectivity index (χ1v) is 10.6. The Bertz CT molecular complexity index is 914. The largest absolute Gasteiger partial charge is 0.335 e. The Balaban J connectivity index is 1.53. The van der Waals surface area contributed by atoms with Gasteiger partial charge >= 0.3 is 6.03 Å². The summed E-state index contributed by atoms with van der Waals surface area (Å²) in [7, 11) is 1.78. The third-order valence-electron chi connectivity index (χ3n) is 5.65. The highest BCUT2D eigenvalue weighted by molar-refractivity contribution is 7.99. The van der Waals surface area contributed by atoms with Gasteiger partial charge in [-0.25, -0.2) is 4.79 Å². The lowest BCUT2D eigenvalue weighted by atomic mass is 9.86. The molecule has 0 saturated heterocycles. The molecule has 2 aliphatic rings. The molecule has 0 aromatic heterocycles. The molecule has 1 saturated carbocycles. The average Bonchev–Trinajstić information content (AvgIpc) is 2.79. The fraction of sp³-hybridized carbons (Fsp3) is 0.364. The molecule has 0 bridgehead atoms. The fourth-order valence-electron chi connectivity index (χ4n) is 3.95.